The maximum Gasteiger partial charge on any atom is 0.225 e. The van der Waals surface area contributed by atoms with Gasteiger partial charge in [-0.05, 0) is 25.0 Å². The normalized spacial score (nSPS) is 10.0. The second kappa shape index (κ2) is 7.60. The third kappa shape index (κ3) is 5.29. The minimum Gasteiger partial charge on any atom is -0.369 e. The Morgan fingerprint density at radius 3 is 2.47 bits per heavy atom. The van der Waals surface area contributed by atoms with E-state index in [4.69, 9.17) is 0 Å². The van der Waals surface area contributed by atoms with Gasteiger partial charge in [-0.15, -0.1) is 10.2 Å². The van der Waals surface area contributed by atoms with Crippen molar-refractivity contribution in [3.63, 3.8) is 0 Å². The van der Waals surface area contributed by atoms with Crippen LogP contribution >= 0.6 is 0 Å². The van der Waals surface area contributed by atoms with Crippen LogP contribution in [0, 0.1) is 0 Å². The van der Waals surface area contributed by atoms with Crippen LogP contribution in [0.2, 0.25) is 0 Å². The van der Waals surface area contributed by atoms with Crippen molar-refractivity contribution in [3.05, 3.63) is 12.1 Å². The van der Waals surface area contributed by atoms with E-state index in [0.717, 1.165) is 31.6 Å². The summed E-state index contributed by atoms with van der Waals surface area (Å²) in [6.07, 6.45) is 3.59. The van der Waals surface area contributed by atoms with Gasteiger partial charge >= 0.3 is 0 Å². The third-order valence-corrected chi connectivity index (χ3v) is 2.25. The first-order valence-electron chi connectivity index (χ1n) is 6.13. The monoisotopic (exact) mass is 236 g/mol. The highest BCUT2D eigenvalue weighted by molar-refractivity contribution is 5.89. The SMILES string of the molecule is CCCCNc1ccc(NC(=O)CCC)nn1. The standard InChI is InChI=1S/C12H20N4O/c1-3-5-9-13-10-7-8-11(16-15-10)14-12(17)6-4-2/h7-8H,3-6,9H2,1-2H3,(H,13,15)(H,14,16,17). The fourth-order valence-corrected chi connectivity index (χ4v) is 1.32. The van der Waals surface area contributed by atoms with Gasteiger partial charge in [0.1, 0.15) is 5.82 Å². The van der Waals surface area contributed by atoms with Crippen molar-refractivity contribution < 1.29 is 4.79 Å². The van der Waals surface area contributed by atoms with Gasteiger partial charge < -0.3 is 10.6 Å². The van der Waals surface area contributed by atoms with Crippen LogP contribution in [-0.4, -0.2) is 22.6 Å². The molecule has 1 rings (SSSR count). The van der Waals surface area contributed by atoms with Crippen molar-refractivity contribution >= 4 is 17.5 Å². The number of hydrogen-bond acceptors (Lipinski definition) is 4. The van der Waals surface area contributed by atoms with Gasteiger partial charge in [0.05, 0.1) is 0 Å². The molecule has 0 radical (unpaired) electrons. The molecule has 1 amide bonds. The average molecular weight is 236 g/mol. The smallest absolute Gasteiger partial charge is 0.225 e. The molecule has 0 unspecified atom stereocenters. The molecule has 0 saturated carbocycles. The first-order valence-corrected chi connectivity index (χ1v) is 6.13. The highest BCUT2D eigenvalue weighted by atomic mass is 16.1. The summed E-state index contributed by atoms with van der Waals surface area (Å²) in [5.74, 6) is 1.23. The Labute approximate surface area is 102 Å². The third-order valence-electron chi connectivity index (χ3n) is 2.25. The highest BCUT2D eigenvalue weighted by Gasteiger charge is 2.02. The quantitative estimate of drug-likeness (QED) is 0.713. The van der Waals surface area contributed by atoms with Crippen molar-refractivity contribution in [2.75, 3.05) is 17.2 Å². The Bertz CT molecular complexity index is 337. The van der Waals surface area contributed by atoms with Gasteiger partial charge in [-0.25, -0.2) is 0 Å². The van der Waals surface area contributed by atoms with Crippen LogP contribution in [-0.2, 0) is 4.79 Å². The second-order valence-electron chi connectivity index (χ2n) is 3.88. The largest absolute Gasteiger partial charge is 0.369 e. The van der Waals surface area contributed by atoms with Crippen LogP contribution in [0.25, 0.3) is 0 Å². The van der Waals surface area contributed by atoms with Gasteiger partial charge in [0, 0.05) is 13.0 Å². The summed E-state index contributed by atoms with van der Waals surface area (Å²) in [6, 6.07) is 3.58. The van der Waals surface area contributed by atoms with Gasteiger partial charge in [-0.3, -0.25) is 4.79 Å². The van der Waals surface area contributed by atoms with Crippen molar-refractivity contribution in [2.45, 2.75) is 39.5 Å². The van der Waals surface area contributed by atoms with Crippen LogP contribution in [0.1, 0.15) is 39.5 Å². The molecule has 0 atom stereocenters. The Kier molecular flexibility index (Phi) is 5.99. The number of nitrogens with one attached hydrogen (secondary N) is 2. The van der Waals surface area contributed by atoms with Crippen molar-refractivity contribution in [1.82, 2.24) is 10.2 Å². The van der Waals surface area contributed by atoms with Gasteiger partial charge in [0.15, 0.2) is 5.82 Å². The zero-order chi connectivity index (χ0) is 12.5. The molecule has 94 valence electrons. The number of carbonyl (C=O) groups excluding carboxylic acids is 1. The van der Waals surface area contributed by atoms with E-state index in [1.54, 1.807) is 6.07 Å². The molecular formula is C12H20N4O. The summed E-state index contributed by atoms with van der Waals surface area (Å²) < 4.78 is 0. The fourth-order valence-electron chi connectivity index (χ4n) is 1.32. The van der Waals surface area contributed by atoms with Gasteiger partial charge in [0.25, 0.3) is 0 Å². The molecule has 0 fully saturated rings. The molecule has 1 heterocycles. The van der Waals surface area contributed by atoms with Gasteiger partial charge in [-0.1, -0.05) is 20.3 Å². The Balaban J connectivity index is 2.41. The topological polar surface area (TPSA) is 66.9 Å². The molecule has 17 heavy (non-hydrogen) atoms. The number of unbranched alkanes of at least 4 members (excludes halogenated alkanes) is 1. The maximum atomic E-state index is 11.3. The van der Waals surface area contributed by atoms with Crippen molar-refractivity contribution in [3.8, 4) is 0 Å². The van der Waals surface area contributed by atoms with Gasteiger partial charge in [0.2, 0.25) is 5.91 Å². The molecular weight excluding hydrogens is 216 g/mol. The maximum absolute atomic E-state index is 11.3. The van der Waals surface area contributed by atoms with Gasteiger partial charge in [-0.2, -0.15) is 0 Å². The minimum absolute atomic E-state index is 0.0199. The Hall–Kier alpha value is -1.65. The fraction of sp³-hybridized carbons (Fsp3) is 0.583. The van der Waals surface area contributed by atoms with E-state index in [2.05, 4.69) is 27.8 Å². The summed E-state index contributed by atoms with van der Waals surface area (Å²) >= 11 is 0. The number of nitrogens with zero attached hydrogens (tertiary/aromatic N) is 2. The molecule has 0 aliphatic heterocycles. The zero-order valence-electron chi connectivity index (χ0n) is 10.5. The Morgan fingerprint density at radius 1 is 1.18 bits per heavy atom. The number of rotatable bonds is 7. The van der Waals surface area contributed by atoms with E-state index >= 15 is 0 Å². The van der Waals surface area contributed by atoms with E-state index in [9.17, 15) is 4.79 Å². The van der Waals surface area contributed by atoms with E-state index < -0.39 is 0 Å². The molecule has 1 aromatic rings. The molecule has 5 nitrogen and oxygen atoms in total. The molecule has 0 spiro atoms. The van der Waals surface area contributed by atoms with E-state index in [1.807, 2.05) is 13.0 Å². The lowest BCUT2D eigenvalue weighted by molar-refractivity contribution is -0.116. The first kappa shape index (κ1) is 13.4. The van der Waals surface area contributed by atoms with Crippen molar-refractivity contribution in [1.29, 1.82) is 0 Å². The molecule has 0 aromatic carbocycles. The number of hydrogen-bond donors (Lipinski definition) is 2. The van der Waals surface area contributed by atoms with Crippen molar-refractivity contribution in [2.24, 2.45) is 0 Å². The summed E-state index contributed by atoms with van der Waals surface area (Å²) in [4.78, 5) is 11.3. The Morgan fingerprint density at radius 2 is 1.88 bits per heavy atom. The number of aromatic nitrogens is 2. The molecule has 2 N–H and O–H groups in total. The summed E-state index contributed by atoms with van der Waals surface area (Å²) in [5, 5.41) is 13.8. The number of carbonyl (C=O) groups is 1. The molecule has 5 heteroatoms. The summed E-state index contributed by atoms with van der Waals surface area (Å²) in [7, 11) is 0. The average Bonchev–Trinajstić information content (AvgIpc) is 2.32. The molecule has 0 saturated heterocycles. The number of anilines is 2. The predicted molar refractivity (Wildman–Crippen MR) is 69.0 cm³/mol. The number of amides is 1. The zero-order valence-corrected chi connectivity index (χ0v) is 10.5. The molecule has 0 aliphatic carbocycles. The van der Waals surface area contributed by atoms with Crippen LogP contribution in [0.3, 0.4) is 0 Å². The molecule has 0 aliphatic rings. The first-order chi connectivity index (χ1) is 8.26. The summed E-state index contributed by atoms with van der Waals surface area (Å²) in [6.45, 7) is 5.00. The van der Waals surface area contributed by atoms with E-state index in [0.29, 0.717) is 12.2 Å². The van der Waals surface area contributed by atoms with E-state index in [1.165, 1.54) is 0 Å². The van der Waals surface area contributed by atoms with Crippen LogP contribution in [0.5, 0.6) is 0 Å². The van der Waals surface area contributed by atoms with Crippen LogP contribution in [0.15, 0.2) is 12.1 Å². The lowest BCUT2D eigenvalue weighted by Gasteiger charge is -2.05. The van der Waals surface area contributed by atoms with Crippen LogP contribution < -0.4 is 10.6 Å². The lowest BCUT2D eigenvalue weighted by Crippen LogP contribution is -2.12. The minimum atomic E-state index is -0.0199. The van der Waals surface area contributed by atoms with E-state index in [-0.39, 0.29) is 5.91 Å². The predicted octanol–water partition coefficient (Wildman–Crippen LogP) is 2.43. The summed E-state index contributed by atoms with van der Waals surface area (Å²) in [5.41, 5.74) is 0. The molecule has 0 bridgehead atoms. The molecule has 1 aromatic heterocycles. The van der Waals surface area contributed by atoms with Crippen LogP contribution in [0.4, 0.5) is 11.6 Å². The lowest BCUT2D eigenvalue weighted by atomic mass is 10.3. The highest BCUT2D eigenvalue weighted by Crippen LogP contribution is 2.06. The second-order valence-corrected chi connectivity index (χ2v) is 3.88.